The Morgan fingerprint density at radius 2 is 0.821 bits per heavy atom. The fraction of sp³-hybridized carbons (Fsp3) is 0.225. The van der Waals surface area contributed by atoms with E-state index in [1.54, 1.807) is 12.1 Å². The van der Waals surface area contributed by atoms with Crippen LogP contribution in [0, 0.1) is 17.6 Å². The summed E-state index contributed by atoms with van der Waals surface area (Å²) in [6.45, 7) is 27.0. The molecule has 8 aromatic carbocycles. The predicted molar refractivity (Wildman–Crippen MR) is 351 cm³/mol. The quantitative estimate of drug-likeness (QED) is 0.135. The van der Waals surface area contributed by atoms with Crippen molar-refractivity contribution in [2.45, 2.75) is 111 Å². The topological polar surface area (TPSA) is 6.48 Å². The van der Waals surface area contributed by atoms with Crippen molar-refractivity contribution in [3.8, 4) is 44.5 Å². The summed E-state index contributed by atoms with van der Waals surface area (Å²) in [7, 11) is 0. The van der Waals surface area contributed by atoms with Gasteiger partial charge in [-0.2, -0.15) is 0 Å². The van der Waals surface area contributed by atoms with Crippen LogP contribution >= 0.6 is 0 Å². The van der Waals surface area contributed by atoms with Gasteiger partial charge in [0.05, 0.1) is 17.4 Å². The average molecular weight is 1100 g/mol. The number of anilines is 4. The zero-order chi connectivity index (χ0) is 59.0. The summed E-state index contributed by atoms with van der Waals surface area (Å²) < 4.78 is 31.8. The molecule has 0 N–H and O–H groups in total. The van der Waals surface area contributed by atoms with Crippen LogP contribution in [0.5, 0.6) is 0 Å². The van der Waals surface area contributed by atoms with Crippen LogP contribution in [0.15, 0.2) is 264 Å². The summed E-state index contributed by atoms with van der Waals surface area (Å²) in [5.74, 6) is -0.762. The number of benzene rings is 8. The lowest BCUT2D eigenvalue weighted by Crippen LogP contribution is -2.37. The predicted octanol–water partition coefficient (Wildman–Crippen LogP) is 21.9. The van der Waals surface area contributed by atoms with Crippen LogP contribution < -0.4 is 9.80 Å². The molecule has 2 nitrogen and oxygen atoms in total. The Bertz CT molecular complexity index is 4090. The van der Waals surface area contributed by atoms with E-state index in [2.05, 4.69) is 275 Å². The third kappa shape index (κ3) is 10.7. The molecule has 0 aromatic heterocycles. The third-order valence-electron chi connectivity index (χ3n) is 17.4. The Morgan fingerprint density at radius 1 is 0.381 bits per heavy atom. The maximum Gasteiger partial charge on any atom is 0.125 e. The summed E-state index contributed by atoms with van der Waals surface area (Å²) in [4.78, 5) is 4.60. The highest BCUT2D eigenvalue weighted by Crippen LogP contribution is 2.53. The lowest BCUT2D eigenvalue weighted by atomic mass is 9.67. The molecule has 84 heavy (non-hydrogen) atoms. The van der Waals surface area contributed by atoms with Crippen molar-refractivity contribution in [1.29, 1.82) is 0 Å². The summed E-state index contributed by atoms with van der Waals surface area (Å²) in [6.07, 6.45) is 18.1. The Balaban J connectivity index is 1.01. The van der Waals surface area contributed by atoms with Gasteiger partial charge < -0.3 is 9.80 Å². The van der Waals surface area contributed by atoms with Crippen LogP contribution in [0.2, 0.25) is 0 Å². The minimum Gasteiger partial charge on any atom is -0.330 e. The Labute approximate surface area is 498 Å². The first kappa shape index (κ1) is 55.9. The average Bonchev–Trinajstić information content (AvgIpc) is 1.79. The molecule has 8 aromatic rings. The molecule has 0 radical (unpaired) electrons. The Hall–Kier alpha value is -8.60. The fourth-order valence-electron chi connectivity index (χ4n) is 12.5. The molecule has 0 heterocycles. The third-order valence-corrected chi connectivity index (χ3v) is 17.4. The van der Waals surface area contributed by atoms with Gasteiger partial charge in [0, 0.05) is 34.1 Å². The van der Waals surface area contributed by atoms with Gasteiger partial charge in [-0.05, 0) is 172 Å². The molecule has 4 aliphatic carbocycles. The molecular weight excluding hydrogens is 1030 g/mol. The molecule has 0 fully saturated rings. The van der Waals surface area contributed by atoms with Crippen molar-refractivity contribution < 1.29 is 8.78 Å². The van der Waals surface area contributed by atoms with Crippen molar-refractivity contribution in [1.82, 2.24) is 0 Å². The minimum atomic E-state index is -0.332. The smallest absolute Gasteiger partial charge is 0.125 e. The second-order valence-electron chi connectivity index (χ2n) is 27.3. The number of hydrogen-bond acceptors (Lipinski definition) is 2. The Morgan fingerprint density at radius 3 is 1.31 bits per heavy atom. The fourth-order valence-corrected chi connectivity index (χ4v) is 12.5. The maximum atomic E-state index is 15.9. The van der Waals surface area contributed by atoms with Crippen LogP contribution in [-0.4, -0.2) is 6.04 Å². The van der Waals surface area contributed by atoms with Crippen LogP contribution in [0.1, 0.15) is 105 Å². The van der Waals surface area contributed by atoms with Gasteiger partial charge in [-0.1, -0.05) is 247 Å². The lowest BCUT2D eigenvalue weighted by Gasteiger charge is -2.44. The van der Waals surface area contributed by atoms with E-state index in [9.17, 15) is 0 Å². The largest absolute Gasteiger partial charge is 0.330 e. The van der Waals surface area contributed by atoms with E-state index in [0.29, 0.717) is 0 Å². The Kier molecular flexibility index (Phi) is 14.1. The molecule has 0 saturated carbocycles. The highest BCUT2D eigenvalue weighted by atomic mass is 19.1. The van der Waals surface area contributed by atoms with Gasteiger partial charge in [-0.15, -0.1) is 0 Å². The molecule has 0 bridgehead atoms. The molecule has 420 valence electrons. The number of allylic oxidation sites excluding steroid dienone is 10. The van der Waals surface area contributed by atoms with E-state index in [1.165, 1.54) is 45.5 Å². The molecular formula is C80H76F2N2. The zero-order valence-electron chi connectivity index (χ0n) is 50.7. The summed E-state index contributed by atoms with van der Waals surface area (Å²) >= 11 is 0. The van der Waals surface area contributed by atoms with Crippen LogP contribution in [0.25, 0.3) is 44.5 Å². The van der Waals surface area contributed by atoms with E-state index in [4.69, 9.17) is 0 Å². The van der Waals surface area contributed by atoms with Gasteiger partial charge >= 0.3 is 0 Å². The molecule has 4 heteroatoms. The van der Waals surface area contributed by atoms with Crippen LogP contribution in [0.3, 0.4) is 0 Å². The van der Waals surface area contributed by atoms with E-state index in [0.717, 1.165) is 89.7 Å². The zero-order valence-corrected chi connectivity index (χ0v) is 50.7. The molecule has 0 amide bonds. The number of hydrogen-bond donors (Lipinski definition) is 0. The van der Waals surface area contributed by atoms with Gasteiger partial charge in [0.15, 0.2) is 0 Å². The van der Waals surface area contributed by atoms with Crippen molar-refractivity contribution in [2.75, 3.05) is 9.80 Å². The minimum absolute atomic E-state index is 0.0233. The van der Waals surface area contributed by atoms with E-state index < -0.39 is 0 Å². The maximum absolute atomic E-state index is 15.9. The summed E-state index contributed by atoms with van der Waals surface area (Å²) in [5.41, 5.74) is 23.9. The normalized spacial score (nSPS) is 16.6. The van der Waals surface area contributed by atoms with Gasteiger partial charge in [-0.25, -0.2) is 8.78 Å². The highest BCUT2D eigenvalue weighted by Gasteiger charge is 2.41. The first-order valence-corrected chi connectivity index (χ1v) is 29.8. The number of nitrogens with zero attached hydrogens (tertiary/aromatic N) is 2. The van der Waals surface area contributed by atoms with E-state index >= 15 is 8.78 Å². The van der Waals surface area contributed by atoms with Crippen LogP contribution in [-0.2, 0) is 21.7 Å². The summed E-state index contributed by atoms with van der Waals surface area (Å²) in [6, 6.07) is 63.1. The first-order chi connectivity index (χ1) is 40.0. The molecule has 0 aliphatic heterocycles. The van der Waals surface area contributed by atoms with Crippen molar-refractivity contribution in [2.24, 2.45) is 5.92 Å². The van der Waals surface area contributed by atoms with Crippen molar-refractivity contribution >= 4 is 22.7 Å². The number of rotatable bonds is 10. The molecule has 2 atom stereocenters. The summed E-state index contributed by atoms with van der Waals surface area (Å²) in [5, 5.41) is 0. The van der Waals surface area contributed by atoms with Crippen molar-refractivity contribution in [3.63, 3.8) is 0 Å². The molecule has 0 saturated heterocycles. The monoisotopic (exact) mass is 1100 g/mol. The highest BCUT2D eigenvalue weighted by molar-refractivity contribution is 5.91. The van der Waals surface area contributed by atoms with Gasteiger partial charge in [0.25, 0.3) is 0 Å². The van der Waals surface area contributed by atoms with Gasteiger partial charge in [0.1, 0.15) is 11.6 Å². The molecule has 2 unspecified atom stereocenters. The molecule has 12 rings (SSSR count). The lowest BCUT2D eigenvalue weighted by molar-refractivity contribution is 0.590. The standard InChI is InChI=1S/C80H76F2N2/c1-77(2,3)59-33-19-51(20-34-59)57-31-45-73(69(47-57)53-23-37-61(38-24-53)79(7,8)9)83(65-17-13-15-63(81)49-65)71-43-29-55-28-42-68-72(44-30-56-27-41-67(71)75(55)76(56)68)84(66-18-14-16-64(82)50-66)74-46-32-58(52-21-35-60(36-22-52)78(4,5)6)48-70(74)54-25-39-62(40-26-54)80(10,11)12/h13-50,71,76H,1-12H3. The second-order valence-corrected chi connectivity index (χ2v) is 27.3. The molecule has 0 spiro atoms. The van der Waals surface area contributed by atoms with Gasteiger partial charge in [0.2, 0.25) is 0 Å². The van der Waals surface area contributed by atoms with Crippen molar-refractivity contribution in [3.05, 3.63) is 298 Å². The molecule has 4 aliphatic rings. The van der Waals surface area contributed by atoms with E-state index in [-0.39, 0.29) is 45.3 Å². The first-order valence-electron chi connectivity index (χ1n) is 29.8. The SMILES string of the molecule is CC(C)(C)c1ccc(-c2ccc(N(C3=C4C=CC5=C6C(=CC=C(C=C3)C46)C(N(c3cccc(F)c3)c3ccc(-c4ccc(C(C)(C)C)cc4)cc3-c3ccc(C(C)(C)C)cc3)C=C5)c3cccc(F)c3)c(-c3ccc(C(C)(C)C)cc3)c2)cc1. The van der Waals surface area contributed by atoms with Crippen LogP contribution in [0.4, 0.5) is 31.5 Å². The van der Waals surface area contributed by atoms with E-state index in [1.807, 2.05) is 24.3 Å². The van der Waals surface area contributed by atoms with Gasteiger partial charge in [-0.3, -0.25) is 0 Å². The second kappa shape index (κ2) is 21.2. The number of halogens is 2.